The molecule has 0 aromatic carbocycles. The molecule has 0 rings (SSSR count). The Kier molecular flexibility index (Phi) is 10.1. The van der Waals surface area contributed by atoms with Crippen LogP contribution in [0.4, 0.5) is 0 Å². The molecule has 0 amide bonds. The van der Waals surface area contributed by atoms with E-state index in [4.69, 9.17) is 9.90 Å². The van der Waals surface area contributed by atoms with Gasteiger partial charge in [-0.15, -0.1) is 0 Å². The molecule has 82 valence electrons. The maximum absolute atomic E-state index is 10.6. The largest absolute Gasteiger partial charge is 0.481 e. The molecule has 0 aliphatic heterocycles. The standard InChI is InChI=1S/C7H7NO3.C2H4O2/c1-6(2)7(10)11-4-3-8-5-9;1-2(3)4/h3-4H,1H2,2H3;1H3,(H,3,4). The molecule has 6 nitrogen and oxygen atoms in total. The Morgan fingerprint density at radius 1 is 1.47 bits per heavy atom. The molecule has 0 heterocycles. The topological polar surface area (TPSA) is 93.0 Å². The van der Waals surface area contributed by atoms with Crippen molar-refractivity contribution in [2.24, 2.45) is 4.99 Å². The van der Waals surface area contributed by atoms with Gasteiger partial charge in [0.15, 0.2) is 0 Å². The Morgan fingerprint density at radius 3 is 2.27 bits per heavy atom. The number of nitrogens with zero attached hydrogens (tertiary/aromatic N) is 1. The van der Waals surface area contributed by atoms with Crippen LogP contribution in [0.3, 0.4) is 0 Å². The van der Waals surface area contributed by atoms with Gasteiger partial charge in [-0.3, -0.25) is 4.79 Å². The first-order chi connectivity index (χ1) is 6.91. The lowest BCUT2D eigenvalue weighted by molar-refractivity contribution is -0.135. The van der Waals surface area contributed by atoms with Gasteiger partial charge in [-0.25, -0.2) is 9.59 Å². The fourth-order valence-electron chi connectivity index (χ4n) is 0.254. The average Bonchev–Trinajstić information content (AvgIpc) is 2.11. The highest BCUT2D eigenvalue weighted by molar-refractivity contribution is 5.87. The van der Waals surface area contributed by atoms with Crippen molar-refractivity contribution >= 4 is 18.0 Å². The molecule has 0 aromatic heterocycles. The molecular formula is C9H11NO5. The molecule has 15 heavy (non-hydrogen) atoms. The molecule has 0 aliphatic carbocycles. The zero-order valence-electron chi connectivity index (χ0n) is 8.39. The van der Waals surface area contributed by atoms with Gasteiger partial charge in [0.1, 0.15) is 6.26 Å². The van der Waals surface area contributed by atoms with E-state index in [0.29, 0.717) is 0 Å². The molecule has 0 saturated carbocycles. The van der Waals surface area contributed by atoms with Crippen LogP contribution in [-0.4, -0.2) is 23.1 Å². The van der Waals surface area contributed by atoms with Crippen molar-refractivity contribution in [3.8, 4) is 0 Å². The van der Waals surface area contributed by atoms with Crippen LogP contribution in [0.25, 0.3) is 0 Å². The maximum Gasteiger partial charge on any atom is 0.337 e. The van der Waals surface area contributed by atoms with E-state index in [-0.39, 0.29) is 5.57 Å². The quantitative estimate of drug-likeness (QED) is 0.248. The molecule has 0 saturated heterocycles. The van der Waals surface area contributed by atoms with E-state index < -0.39 is 11.9 Å². The number of aliphatic imine (C=N–C) groups is 1. The highest BCUT2D eigenvalue weighted by Gasteiger charge is 1.98. The molecule has 6 heteroatoms. The number of aliphatic carboxylic acids is 1. The number of carboxylic acids is 1. The highest BCUT2D eigenvalue weighted by atomic mass is 16.5. The Hall–Kier alpha value is -2.20. The number of ether oxygens (including phenoxy) is 1. The lowest BCUT2D eigenvalue weighted by Gasteiger charge is -1.93. The fraction of sp³-hybridized carbons (Fsp3) is 0.222. The van der Waals surface area contributed by atoms with Crippen molar-refractivity contribution in [3.63, 3.8) is 0 Å². The van der Waals surface area contributed by atoms with Gasteiger partial charge in [0, 0.05) is 12.5 Å². The van der Waals surface area contributed by atoms with Gasteiger partial charge in [0.2, 0.25) is 6.08 Å². The summed E-state index contributed by atoms with van der Waals surface area (Å²) in [5, 5.41) is 7.42. The highest BCUT2D eigenvalue weighted by Crippen LogP contribution is 1.91. The summed E-state index contributed by atoms with van der Waals surface area (Å²) in [5.41, 5.74) is 0.282. The number of rotatable bonds is 3. The van der Waals surface area contributed by atoms with Crippen LogP contribution in [0.15, 0.2) is 29.6 Å². The zero-order chi connectivity index (χ0) is 12.3. The molecule has 0 fully saturated rings. The van der Waals surface area contributed by atoms with Crippen LogP contribution >= 0.6 is 0 Å². The van der Waals surface area contributed by atoms with E-state index >= 15 is 0 Å². The SMILES string of the molecule is C=C(C)C(=O)OC=CN=C=O.CC(=O)O. The molecule has 0 atom stereocenters. The van der Waals surface area contributed by atoms with Crippen molar-refractivity contribution < 1.29 is 24.2 Å². The molecular weight excluding hydrogens is 202 g/mol. The first-order valence-electron chi connectivity index (χ1n) is 3.69. The van der Waals surface area contributed by atoms with Crippen LogP contribution in [-0.2, 0) is 19.1 Å². The second kappa shape index (κ2) is 9.88. The van der Waals surface area contributed by atoms with Crippen molar-refractivity contribution in [2.75, 3.05) is 0 Å². The Labute approximate surface area is 86.6 Å². The minimum atomic E-state index is -0.833. The summed E-state index contributed by atoms with van der Waals surface area (Å²) in [6.07, 6.45) is 3.25. The molecule has 0 bridgehead atoms. The minimum absolute atomic E-state index is 0.282. The van der Waals surface area contributed by atoms with Gasteiger partial charge in [0.05, 0.1) is 6.20 Å². The molecule has 1 N–H and O–H groups in total. The van der Waals surface area contributed by atoms with Crippen molar-refractivity contribution in [3.05, 3.63) is 24.6 Å². The van der Waals surface area contributed by atoms with E-state index in [1.165, 1.54) is 13.0 Å². The Bertz CT molecular complexity index is 308. The van der Waals surface area contributed by atoms with Gasteiger partial charge in [-0.2, -0.15) is 4.99 Å². The predicted octanol–water partition coefficient (Wildman–Crippen LogP) is 1.00. The van der Waals surface area contributed by atoms with Gasteiger partial charge < -0.3 is 9.84 Å². The number of carbonyl (C=O) groups excluding carboxylic acids is 2. The summed E-state index contributed by atoms with van der Waals surface area (Å²) in [4.78, 5) is 32.1. The third-order valence-electron chi connectivity index (χ3n) is 0.712. The maximum atomic E-state index is 10.6. The minimum Gasteiger partial charge on any atom is -0.481 e. The summed E-state index contributed by atoms with van der Waals surface area (Å²) in [6, 6.07) is 0. The third-order valence-corrected chi connectivity index (χ3v) is 0.712. The van der Waals surface area contributed by atoms with Crippen molar-refractivity contribution in [1.82, 2.24) is 0 Å². The van der Waals surface area contributed by atoms with Crippen LogP contribution in [0.2, 0.25) is 0 Å². The number of esters is 1. The summed E-state index contributed by atoms with van der Waals surface area (Å²) in [6.45, 7) is 5.93. The van der Waals surface area contributed by atoms with Gasteiger partial charge in [-0.1, -0.05) is 6.58 Å². The number of carbonyl (C=O) groups is 2. The molecule has 0 spiro atoms. The van der Waals surface area contributed by atoms with Crippen molar-refractivity contribution in [2.45, 2.75) is 13.8 Å². The second-order valence-electron chi connectivity index (χ2n) is 2.21. The smallest absolute Gasteiger partial charge is 0.337 e. The zero-order valence-corrected chi connectivity index (χ0v) is 8.39. The van der Waals surface area contributed by atoms with Crippen LogP contribution in [0.1, 0.15) is 13.8 Å². The van der Waals surface area contributed by atoms with Crippen LogP contribution in [0, 0.1) is 0 Å². The third kappa shape index (κ3) is 18.6. The summed E-state index contributed by atoms with van der Waals surface area (Å²) >= 11 is 0. The summed E-state index contributed by atoms with van der Waals surface area (Å²) < 4.78 is 4.41. The number of hydrogen-bond donors (Lipinski definition) is 1. The Balaban J connectivity index is 0. The van der Waals surface area contributed by atoms with Crippen LogP contribution in [0.5, 0.6) is 0 Å². The first kappa shape index (κ1) is 15.3. The van der Waals surface area contributed by atoms with E-state index in [9.17, 15) is 9.59 Å². The van der Waals surface area contributed by atoms with E-state index in [0.717, 1.165) is 19.4 Å². The monoisotopic (exact) mass is 213 g/mol. The normalized spacial score (nSPS) is 8.13. The van der Waals surface area contributed by atoms with E-state index in [2.05, 4.69) is 16.3 Å². The number of carboxylic acid groups (broad SMARTS) is 1. The van der Waals surface area contributed by atoms with E-state index in [1.807, 2.05) is 0 Å². The van der Waals surface area contributed by atoms with E-state index in [1.54, 1.807) is 0 Å². The molecule has 0 aliphatic rings. The van der Waals surface area contributed by atoms with Crippen molar-refractivity contribution in [1.29, 1.82) is 0 Å². The number of isocyanates is 1. The lowest BCUT2D eigenvalue weighted by atomic mass is 10.4. The molecule has 0 unspecified atom stereocenters. The van der Waals surface area contributed by atoms with Crippen LogP contribution < -0.4 is 0 Å². The van der Waals surface area contributed by atoms with Gasteiger partial charge in [0.25, 0.3) is 5.97 Å². The second-order valence-corrected chi connectivity index (χ2v) is 2.21. The fourth-order valence-corrected chi connectivity index (χ4v) is 0.254. The Morgan fingerprint density at radius 2 is 1.93 bits per heavy atom. The molecule has 0 aromatic rings. The lowest BCUT2D eigenvalue weighted by Crippen LogP contribution is -1.98. The summed E-state index contributed by atoms with van der Waals surface area (Å²) in [7, 11) is 0. The number of hydrogen-bond acceptors (Lipinski definition) is 5. The van der Waals surface area contributed by atoms with Gasteiger partial charge in [-0.05, 0) is 6.92 Å². The summed E-state index contributed by atoms with van der Waals surface area (Å²) in [5.74, 6) is -1.39. The van der Waals surface area contributed by atoms with Gasteiger partial charge >= 0.3 is 5.97 Å². The predicted molar refractivity (Wildman–Crippen MR) is 51.5 cm³/mol. The first-order valence-corrected chi connectivity index (χ1v) is 3.69. The average molecular weight is 213 g/mol. The molecule has 0 radical (unpaired) electrons.